The van der Waals surface area contributed by atoms with Crippen LogP contribution in [0.4, 0.5) is 5.69 Å². The minimum absolute atomic E-state index is 0. The molecule has 0 aliphatic carbocycles. The minimum atomic E-state index is -0.00157. The molecule has 146 valence electrons. The first-order valence-corrected chi connectivity index (χ1v) is 9.50. The molecule has 0 N–H and O–H groups in total. The van der Waals surface area contributed by atoms with Gasteiger partial charge < -0.3 is 4.90 Å². The molecule has 1 atom stereocenters. The number of aromatic nitrogens is 3. The average molecular weight is 397 g/mol. The summed E-state index contributed by atoms with van der Waals surface area (Å²) >= 11 is 0. The number of pyridine rings is 1. The van der Waals surface area contributed by atoms with Gasteiger partial charge in [-0.1, -0.05) is 25.5 Å². The van der Waals surface area contributed by atoms with Crippen molar-refractivity contribution in [3.05, 3.63) is 65.7 Å². The second-order valence-electron chi connectivity index (χ2n) is 7.22. The molecule has 5 nitrogen and oxygen atoms in total. The Labute approximate surface area is 171 Å². The van der Waals surface area contributed by atoms with E-state index in [0.717, 1.165) is 35.3 Å². The Kier molecular flexibility index (Phi) is 5.84. The van der Waals surface area contributed by atoms with E-state index in [1.165, 1.54) is 5.56 Å². The Morgan fingerprint density at radius 1 is 1.18 bits per heavy atom. The minimum Gasteiger partial charge on any atom is -0.305 e. The number of hydrogen-bond acceptors (Lipinski definition) is 3. The molecular weight excluding hydrogens is 372 g/mol. The summed E-state index contributed by atoms with van der Waals surface area (Å²) in [6.45, 7) is 6.85. The van der Waals surface area contributed by atoms with Crippen molar-refractivity contribution in [1.82, 2.24) is 14.8 Å². The second-order valence-corrected chi connectivity index (χ2v) is 7.22. The normalized spacial score (nSPS) is 15.9. The van der Waals surface area contributed by atoms with E-state index >= 15 is 0 Å². The van der Waals surface area contributed by atoms with Gasteiger partial charge in [0.2, 0.25) is 0 Å². The van der Waals surface area contributed by atoms with E-state index in [9.17, 15) is 4.79 Å². The zero-order chi connectivity index (χ0) is 19.0. The van der Waals surface area contributed by atoms with Crippen LogP contribution in [0, 0.1) is 6.92 Å². The fourth-order valence-electron chi connectivity index (χ4n) is 3.74. The molecule has 3 heterocycles. The molecule has 0 fully saturated rings. The lowest BCUT2D eigenvalue weighted by Crippen LogP contribution is -2.42. The Hall–Kier alpha value is -2.66. The van der Waals surface area contributed by atoms with Crippen LogP contribution in [0.3, 0.4) is 0 Å². The van der Waals surface area contributed by atoms with E-state index in [4.69, 9.17) is 0 Å². The van der Waals surface area contributed by atoms with Crippen molar-refractivity contribution in [3.8, 4) is 11.1 Å². The van der Waals surface area contributed by atoms with E-state index in [1.807, 2.05) is 28.6 Å². The smallest absolute Gasteiger partial charge is 0.277 e. The Morgan fingerprint density at radius 2 is 1.93 bits per heavy atom. The van der Waals surface area contributed by atoms with Crippen molar-refractivity contribution in [2.45, 2.75) is 39.7 Å². The highest BCUT2D eigenvalue weighted by atomic mass is 35.5. The maximum atomic E-state index is 13.4. The van der Waals surface area contributed by atoms with Crippen molar-refractivity contribution < 1.29 is 4.79 Å². The van der Waals surface area contributed by atoms with Gasteiger partial charge in [-0.2, -0.15) is 5.10 Å². The number of anilines is 1. The second kappa shape index (κ2) is 8.15. The first kappa shape index (κ1) is 20.1. The van der Waals surface area contributed by atoms with Gasteiger partial charge in [-0.15, -0.1) is 12.4 Å². The third-order valence-electron chi connectivity index (χ3n) is 5.10. The largest absolute Gasteiger partial charge is 0.305 e. The monoisotopic (exact) mass is 396 g/mol. The van der Waals surface area contributed by atoms with Gasteiger partial charge in [0.25, 0.3) is 5.91 Å². The molecule has 3 aromatic rings. The van der Waals surface area contributed by atoms with E-state index < -0.39 is 0 Å². The van der Waals surface area contributed by atoms with Crippen molar-refractivity contribution in [2.24, 2.45) is 0 Å². The highest BCUT2D eigenvalue weighted by Gasteiger charge is 2.33. The summed E-state index contributed by atoms with van der Waals surface area (Å²) in [5.74, 6) is -0.00157. The quantitative estimate of drug-likeness (QED) is 0.633. The molecule has 6 heteroatoms. The molecule has 0 saturated heterocycles. The topological polar surface area (TPSA) is 51.0 Å². The molecule has 1 amide bonds. The van der Waals surface area contributed by atoms with Crippen molar-refractivity contribution >= 4 is 24.0 Å². The number of amides is 1. The number of aryl methyl sites for hydroxylation is 2. The standard InChI is InChI=1S/C22H24N4O.ClH/c1-4-5-17-6-8-19(9-7-17)25-14-16(3)26-21(22(25)27)20(13-24-26)18-10-11-23-15(2)12-18;/h6-13,16H,4-5,14H2,1-3H3;1H/t16-;/m0./s1. The number of nitrogens with zero attached hydrogens (tertiary/aromatic N) is 4. The summed E-state index contributed by atoms with van der Waals surface area (Å²) in [7, 11) is 0. The predicted molar refractivity (Wildman–Crippen MR) is 114 cm³/mol. The van der Waals surface area contributed by atoms with Crippen molar-refractivity contribution in [2.75, 3.05) is 11.4 Å². The zero-order valence-corrected chi connectivity index (χ0v) is 17.2. The van der Waals surface area contributed by atoms with Gasteiger partial charge in [-0.25, -0.2) is 0 Å². The third kappa shape index (κ3) is 3.54. The molecule has 1 aliphatic rings. The number of carbonyl (C=O) groups excluding carboxylic acids is 1. The molecule has 0 bridgehead atoms. The van der Waals surface area contributed by atoms with Crippen LogP contribution in [0.15, 0.2) is 48.8 Å². The molecule has 0 saturated carbocycles. The molecule has 0 radical (unpaired) electrons. The van der Waals surface area contributed by atoms with Crippen LogP contribution in [0.1, 0.15) is 48.1 Å². The lowest BCUT2D eigenvalue weighted by Gasteiger charge is -2.32. The van der Waals surface area contributed by atoms with Crippen LogP contribution in [-0.4, -0.2) is 27.2 Å². The van der Waals surface area contributed by atoms with E-state index in [2.05, 4.69) is 48.2 Å². The van der Waals surface area contributed by atoms with Crippen LogP contribution in [-0.2, 0) is 6.42 Å². The first-order chi connectivity index (χ1) is 13.1. The van der Waals surface area contributed by atoms with E-state index in [1.54, 1.807) is 12.4 Å². The summed E-state index contributed by atoms with van der Waals surface area (Å²) in [6, 6.07) is 12.4. The lowest BCUT2D eigenvalue weighted by molar-refractivity contribution is 0.0954. The van der Waals surface area contributed by atoms with Crippen molar-refractivity contribution in [3.63, 3.8) is 0 Å². The first-order valence-electron chi connectivity index (χ1n) is 9.50. The highest BCUT2D eigenvalue weighted by molar-refractivity contribution is 6.09. The van der Waals surface area contributed by atoms with Gasteiger partial charge in [0.15, 0.2) is 0 Å². The number of benzene rings is 1. The maximum Gasteiger partial charge on any atom is 0.277 e. The Balaban J connectivity index is 0.00000225. The summed E-state index contributed by atoms with van der Waals surface area (Å²) in [6.07, 6.45) is 5.75. The summed E-state index contributed by atoms with van der Waals surface area (Å²) in [5, 5.41) is 4.51. The zero-order valence-electron chi connectivity index (χ0n) is 16.4. The van der Waals surface area contributed by atoms with Gasteiger partial charge >= 0.3 is 0 Å². The molecule has 1 aromatic carbocycles. The third-order valence-corrected chi connectivity index (χ3v) is 5.10. The van der Waals surface area contributed by atoms with Crippen LogP contribution >= 0.6 is 12.4 Å². The number of rotatable bonds is 4. The van der Waals surface area contributed by atoms with Gasteiger partial charge in [-0.3, -0.25) is 14.5 Å². The van der Waals surface area contributed by atoms with Gasteiger partial charge in [0.05, 0.1) is 12.2 Å². The highest BCUT2D eigenvalue weighted by Crippen LogP contribution is 2.32. The van der Waals surface area contributed by atoms with Gasteiger partial charge in [-0.05, 0) is 55.7 Å². The molecule has 1 aliphatic heterocycles. The summed E-state index contributed by atoms with van der Waals surface area (Å²) in [5.41, 5.74) is 5.66. The van der Waals surface area contributed by atoms with E-state index in [-0.39, 0.29) is 24.4 Å². The number of hydrogen-bond donors (Lipinski definition) is 0. The Bertz CT molecular complexity index is 980. The molecule has 2 aromatic heterocycles. The van der Waals surface area contributed by atoms with Gasteiger partial charge in [0, 0.05) is 29.7 Å². The number of fused-ring (bicyclic) bond motifs is 1. The van der Waals surface area contributed by atoms with Crippen LogP contribution < -0.4 is 4.90 Å². The van der Waals surface area contributed by atoms with E-state index in [0.29, 0.717) is 12.2 Å². The number of carbonyl (C=O) groups is 1. The SMILES string of the molecule is CCCc1ccc(N2C[C@H](C)n3ncc(-c4ccnc(C)c4)c3C2=O)cc1.Cl. The van der Waals surface area contributed by atoms with Crippen molar-refractivity contribution in [1.29, 1.82) is 0 Å². The molecule has 4 rings (SSSR count). The van der Waals surface area contributed by atoms with Gasteiger partial charge in [0.1, 0.15) is 5.69 Å². The van der Waals surface area contributed by atoms with Crippen LogP contribution in [0.25, 0.3) is 11.1 Å². The number of halogens is 1. The summed E-state index contributed by atoms with van der Waals surface area (Å²) in [4.78, 5) is 19.5. The maximum absolute atomic E-state index is 13.4. The lowest BCUT2D eigenvalue weighted by atomic mass is 10.0. The Morgan fingerprint density at radius 3 is 2.61 bits per heavy atom. The average Bonchev–Trinajstić information content (AvgIpc) is 3.12. The summed E-state index contributed by atoms with van der Waals surface area (Å²) < 4.78 is 1.86. The molecular formula is C22H25ClN4O. The fraction of sp³-hybridized carbons (Fsp3) is 0.318. The molecule has 0 unspecified atom stereocenters. The van der Waals surface area contributed by atoms with Crippen LogP contribution in [0.5, 0.6) is 0 Å². The van der Waals surface area contributed by atoms with Crippen LogP contribution in [0.2, 0.25) is 0 Å². The molecule has 28 heavy (non-hydrogen) atoms. The molecule has 0 spiro atoms. The fourth-order valence-corrected chi connectivity index (χ4v) is 3.74. The predicted octanol–water partition coefficient (Wildman–Crippen LogP) is 4.85.